The topological polar surface area (TPSA) is 170 Å². The van der Waals surface area contributed by atoms with Gasteiger partial charge in [-0.2, -0.15) is 0 Å². The van der Waals surface area contributed by atoms with Crippen molar-refractivity contribution < 1.29 is 52.7 Å². The molecule has 0 spiro atoms. The number of aliphatic carboxylic acids is 1. The van der Waals surface area contributed by atoms with Crippen LogP contribution in [0.1, 0.15) is 72.8 Å². The van der Waals surface area contributed by atoms with Crippen LogP contribution in [0.4, 0.5) is 14.4 Å². The number of carbonyl (C=O) groups excluding carboxylic acids is 3. The van der Waals surface area contributed by atoms with Crippen LogP contribution in [0, 0.1) is 5.92 Å². The maximum absolute atomic E-state index is 12.2. The van der Waals surface area contributed by atoms with Crippen LogP contribution in [0.3, 0.4) is 0 Å². The van der Waals surface area contributed by atoms with Crippen molar-refractivity contribution in [1.29, 1.82) is 0 Å². The van der Waals surface area contributed by atoms with E-state index in [1.807, 2.05) is 13.8 Å². The third-order valence-corrected chi connectivity index (χ3v) is 4.96. The molecule has 3 N–H and O–H groups in total. The van der Waals surface area contributed by atoms with E-state index in [1.165, 1.54) is 18.2 Å². The Morgan fingerprint density at radius 2 is 1.37 bits per heavy atom. The van der Waals surface area contributed by atoms with Crippen LogP contribution in [0.2, 0.25) is 0 Å². The van der Waals surface area contributed by atoms with Crippen LogP contribution < -0.4 is 15.2 Å². The summed E-state index contributed by atoms with van der Waals surface area (Å²) in [5, 5.41) is 9.60. The first kappa shape index (κ1) is 32.5. The number of rotatable bonds is 13. The van der Waals surface area contributed by atoms with Crippen molar-refractivity contribution in [3.8, 4) is 11.5 Å². The zero-order valence-corrected chi connectivity index (χ0v) is 22.9. The smallest absolute Gasteiger partial charge is 0.480 e. The van der Waals surface area contributed by atoms with Gasteiger partial charge in [0.1, 0.15) is 12.1 Å². The maximum atomic E-state index is 12.2. The predicted molar refractivity (Wildman–Crippen MR) is 135 cm³/mol. The fourth-order valence-electron chi connectivity index (χ4n) is 3.18. The summed E-state index contributed by atoms with van der Waals surface area (Å²) < 4.78 is 30.7. The van der Waals surface area contributed by atoms with Gasteiger partial charge in [-0.05, 0) is 71.1 Å². The van der Waals surface area contributed by atoms with Gasteiger partial charge < -0.3 is 39.3 Å². The molecule has 12 nitrogen and oxygen atoms in total. The minimum atomic E-state index is -1.41. The highest BCUT2D eigenvalue weighted by atomic mass is 16.8. The molecule has 0 aromatic heterocycles. The van der Waals surface area contributed by atoms with Gasteiger partial charge in [0.05, 0.1) is 18.8 Å². The molecular formula is C26H39NO11. The van der Waals surface area contributed by atoms with Gasteiger partial charge in [-0.3, -0.25) is 4.79 Å². The number of carbonyl (C=O) groups is 4. The predicted octanol–water partition coefficient (Wildman–Crippen LogP) is 5.01. The van der Waals surface area contributed by atoms with E-state index in [2.05, 4.69) is 0 Å². The lowest BCUT2D eigenvalue weighted by atomic mass is 9.87. The Kier molecular flexibility index (Phi) is 13.4. The number of ether oxygens (including phenoxy) is 6. The molecule has 0 saturated carbocycles. The zero-order chi connectivity index (χ0) is 29.0. The molecule has 1 rings (SSSR count). The van der Waals surface area contributed by atoms with Crippen molar-refractivity contribution in [3.63, 3.8) is 0 Å². The second-order valence-corrected chi connectivity index (χ2v) is 9.66. The molecule has 0 aliphatic rings. The summed E-state index contributed by atoms with van der Waals surface area (Å²) in [7, 11) is 0. The van der Waals surface area contributed by atoms with E-state index in [0.29, 0.717) is 17.9 Å². The standard InChI is InChI=1S/C26H39NO11/c1-14(2)10-11-33-24(30)36-17(7)12-19(22(27)23(28)29)18-8-9-20(37-25(31)34-15(3)4)21(13-18)38-26(32)35-16(5)6/h8-9,13-17,19,22H,10-12,27H2,1-7H3,(H,28,29)/t17?,19?,22-/m0/s1. The molecule has 0 heterocycles. The van der Waals surface area contributed by atoms with Gasteiger partial charge >= 0.3 is 24.4 Å². The summed E-state index contributed by atoms with van der Waals surface area (Å²) in [5.41, 5.74) is 6.29. The van der Waals surface area contributed by atoms with Crippen molar-refractivity contribution in [2.24, 2.45) is 11.7 Å². The van der Waals surface area contributed by atoms with Crippen molar-refractivity contribution in [2.45, 2.75) is 91.6 Å². The number of carboxylic acids is 1. The number of benzene rings is 1. The Hall–Kier alpha value is -3.54. The Morgan fingerprint density at radius 3 is 1.87 bits per heavy atom. The summed E-state index contributed by atoms with van der Waals surface area (Å²) in [4.78, 5) is 48.0. The van der Waals surface area contributed by atoms with Crippen molar-refractivity contribution >= 4 is 24.4 Å². The third-order valence-electron chi connectivity index (χ3n) is 4.96. The highest BCUT2D eigenvalue weighted by Gasteiger charge is 2.30. The van der Waals surface area contributed by atoms with E-state index in [4.69, 9.17) is 34.2 Å². The summed E-state index contributed by atoms with van der Waals surface area (Å²) in [6.45, 7) is 12.2. The molecule has 12 heteroatoms. The average molecular weight is 542 g/mol. The number of carboxylic acid groups (broad SMARTS) is 1. The molecule has 214 valence electrons. The summed E-state index contributed by atoms with van der Waals surface area (Å²) in [6, 6.07) is 2.66. The van der Waals surface area contributed by atoms with E-state index >= 15 is 0 Å². The molecular weight excluding hydrogens is 502 g/mol. The Morgan fingerprint density at radius 1 is 0.816 bits per heavy atom. The molecule has 3 atom stereocenters. The monoisotopic (exact) mass is 541 g/mol. The average Bonchev–Trinajstić information content (AvgIpc) is 2.76. The van der Waals surface area contributed by atoms with Crippen LogP contribution in [0.25, 0.3) is 0 Å². The van der Waals surface area contributed by atoms with E-state index in [9.17, 15) is 24.3 Å². The van der Waals surface area contributed by atoms with Crippen molar-refractivity contribution in [1.82, 2.24) is 0 Å². The van der Waals surface area contributed by atoms with Gasteiger partial charge in [-0.15, -0.1) is 0 Å². The normalized spacial score (nSPS) is 13.4. The third kappa shape index (κ3) is 12.1. The van der Waals surface area contributed by atoms with Gasteiger partial charge in [0.25, 0.3) is 0 Å². The second-order valence-electron chi connectivity index (χ2n) is 9.66. The molecule has 0 bridgehead atoms. The summed E-state index contributed by atoms with van der Waals surface area (Å²) in [6.07, 6.45) is -4.06. The molecule has 0 aliphatic heterocycles. The van der Waals surface area contributed by atoms with Crippen LogP contribution in [0.15, 0.2) is 18.2 Å². The van der Waals surface area contributed by atoms with Crippen molar-refractivity contribution in [3.05, 3.63) is 23.8 Å². The fraction of sp³-hybridized carbons (Fsp3) is 0.615. The lowest BCUT2D eigenvalue weighted by Crippen LogP contribution is -2.38. The summed E-state index contributed by atoms with van der Waals surface area (Å²) >= 11 is 0. The van der Waals surface area contributed by atoms with Crippen LogP contribution in [-0.4, -0.2) is 60.5 Å². The molecule has 0 radical (unpaired) electrons. The molecule has 2 unspecified atom stereocenters. The molecule has 0 aliphatic carbocycles. The van der Waals surface area contributed by atoms with Crippen LogP contribution >= 0.6 is 0 Å². The summed E-state index contributed by atoms with van der Waals surface area (Å²) in [5.74, 6) is -2.25. The quantitative estimate of drug-likeness (QED) is 0.195. The fourth-order valence-corrected chi connectivity index (χ4v) is 3.18. The highest BCUT2D eigenvalue weighted by molar-refractivity contribution is 5.75. The Labute approximate surface area is 222 Å². The zero-order valence-electron chi connectivity index (χ0n) is 22.9. The number of hydrogen-bond acceptors (Lipinski definition) is 11. The van der Waals surface area contributed by atoms with E-state index in [-0.39, 0.29) is 24.5 Å². The number of nitrogens with two attached hydrogens (primary N) is 1. The van der Waals surface area contributed by atoms with Gasteiger partial charge in [-0.25, -0.2) is 14.4 Å². The molecule has 0 fully saturated rings. The minimum Gasteiger partial charge on any atom is -0.480 e. The molecule has 0 saturated heterocycles. The Bertz CT molecular complexity index is 945. The van der Waals surface area contributed by atoms with Gasteiger partial charge in [0.2, 0.25) is 0 Å². The largest absolute Gasteiger partial charge is 0.514 e. The second kappa shape index (κ2) is 15.7. The first-order chi connectivity index (χ1) is 17.7. The first-order valence-corrected chi connectivity index (χ1v) is 12.4. The maximum Gasteiger partial charge on any atom is 0.514 e. The van der Waals surface area contributed by atoms with Gasteiger partial charge in [-0.1, -0.05) is 19.9 Å². The van der Waals surface area contributed by atoms with Crippen molar-refractivity contribution in [2.75, 3.05) is 6.61 Å². The molecule has 0 amide bonds. The van der Waals surface area contributed by atoms with Gasteiger partial charge in [0.15, 0.2) is 11.5 Å². The van der Waals surface area contributed by atoms with Crippen LogP contribution in [-0.2, 0) is 23.7 Å². The molecule has 38 heavy (non-hydrogen) atoms. The lowest BCUT2D eigenvalue weighted by Gasteiger charge is -2.25. The minimum absolute atomic E-state index is 0.00176. The van der Waals surface area contributed by atoms with Crippen LogP contribution in [0.5, 0.6) is 11.5 Å². The van der Waals surface area contributed by atoms with Gasteiger partial charge in [0, 0.05) is 5.92 Å². The molecule has 1 aromatic rings. The Balaban J connectivity index is 3.23. The first-order valence-electron chi connectivity index (χ1n) is 12.4. The lowest BCUT2D eigenvalue weighted by molar-refractivity contribution is -0.139. The highest BCUT2D eigenvalue weighted by Crippen LogP contribution is 2.35. The van der Waals surface area contributed by atoms with E-state index < -0.39 is 54.7 Å². The SMILES string of the molecule is CC(C)CCOC(=O)OC(C)CC(c1ccc(OC(=O)OC(C)C)c(OC(=O)OC(C)C)c1)[C@H](N)C(=O)O. The molecule has 1 aromatic carbocycles. The van der Waals surface area contributed by atoms with E-state index in [1.54, 1.807) is 34.6 Å². The number of hydrogen-bond donors (Lipinski definition) is 2. The van der Waals surface area contributed by atoms with E-state index in [0.717, 1.165) is 0 Å².